The lowest BCUT2D eigenvalue weighted by Gasteiger charge is -2.12. The molecule has 0 radical (unpaired) electrons. The number of hydrogen-bond acceptors (Lipinski definition) is 4. The summed E-state index contributed by atoms with van der Waals surface area (Å²) < 4.78 is 10.5. The fraction of sp³-hybridized carbons (Fsp3) is 0.533. The fourth-order valence-electron chi connectivity index (χ4n) is 1.81. The van der Waals surface area contributed by atoms with Gasteiger partial charge in [-0.15, -0.1) is 0 Å². The van der Waals surface area contributed by atoms with Gasteiger partial charge in [0, 0.05) is 26.7 Å². The molecule has 0 aliphatic rings. The van der Waals surface area contributed by atoms with Crippen molar-refractivity contribution in [3.63, 3.8) is 0 Å². The van der Waals surface area contributed by atoms with E-state index >= 15 is 0 Å². The van der Waals surface area contributed by atoms with Crippen molar-refractivity contribution in [1.82, 2.24) is 10.6 Å². The number of nitrogens with one attached hydrogen (secondary N) is 2. The molecule has 20 heavy (non-hydrogen) atoms. The van der Waals surface area contributed by atoms with Gasteiger partial charge in [-0.2, -0.15) is 0 Å². The first-order valence-corrected chi connectivity index (χ1v) is 6.80. The van der Waals surface area contributed by atoms with Crippen LogP contribution in [0.1, 0.15) is 11.1 Å². The van der Waals surface area contributed by atoms with Crippen LogP contribution in [0.2, 0.25) is 0 Å². The minimum Gasteiger partial charge on any atom is -0.483 e. The molecule has 0 aromatic heterocycles. The first-order valence-electron chi connectivity index (χ1n) is 6.80. The molecule has 0 atom stereocenters. The molecule has 1 rings (SSSR count). The Morgan fingerprint density at radius 1 is 1.15 bits per heavy atom. The summed E-state index contributed by atoms with van der Waals surface area (Å²) in [5.41, 5.74) is 2.08. The average Bonchev–Trinajstić information content (AvgIpc) is 2.42. The largest absolute Gasteiger partial charge is 0.483 e. The molecule has 2 N–H and O–H groups in total. The zero-order chi connectivity index (χ0) is 14.8. The van der Waals surface area contributed by atoms with E-state index in [0.717, 1.165) is 30.0 Å². The lowest BCUT2D eigenvalue weighted by molar-refractivity contribution is -0.123. The summed E-state index contributed by atoms with van der Waals surface area (Å²) in [6, 6.07) is 5.92. The van der Waals surface area contributed by atoms with E-state index < -0.39 is 0 Å². The fourth-order valence-corrected chi connectivity index (χ4v) is 1.81. The summed E-state index contributed by atoms with van der Waals surface area (Å²) in [5, 5.41) is 5.95. The van der Waals surface area contributed by atoms with Crippen LogP contribution in [0.4, 0.5) is 0 Å². The van der Waals surface area contributed by atoms with E-state index in [4.69, 9.17) is 9.47 Å². The normalized spacial score (nSPS) is 10.3. The van der Waals surface area contributed by atoms with Crippen LogP contribution in [0.15, 0.2) is 18.2 Å². The maximum atomic E-state index is 11.6. The average molecular weight is 280 g/mol. The molecule has 0 unspecified atom stereocenters. The Kier molecular flexibility index (Phi) is 7.69. The first-order chi connectivity index (χ1) is 9.65. The Hall–Kier alpha value is -1.59. The van der Waals surface area contributed by atoms with Gasteiger partial charge in [-0.05, 0) is 25.0 Å². The zero-order valence-corrected chi connectivity index (χ0v) is 12.5. The zero-order valence-electron chi connectivity index (χ0n) is 12.5. The Morgan fingerprint density at radius 3 is 2.50 bits per heavy atom. The topological polar surface area (TPSA) is 59.6 Å². The number of benzene rings is 1. The Labute approximate surface area is 120 Å². The van der Waals surface area contributed by atoms with Crippen molar-refractivity contribution in [3.8, 4) is 5.75 Å². The SMILES string of the molecule is COCCNCCNC(=O)COc1c(C)cccc1C. The van der Waals surface area contributed by atoms with Crippen LogP contribution >= 0.6 is 0 Å². The lowest BCUT2D eigenvalue weighted by atomic mass is 10.1. The van der Waals surface area contributed by atoms with Crippen molar-refractivity contribution in [3.05, 3.63) is 29.3 Å². The molecule has 5 heteroatoms. The summed E-state index contributed by atoms with van der Waals surface area (Å²) in [4.78, 5) is 11.6. The molecule has 0 aliphatic heterocycles. The second-order valence-corrected chi connectivity index (χ2v) is 4.60. The molecule has 0 bridgehead atoms. The van der Waals surface area contributed by atoms with Gasteiger partial charge < -0.3 is 20.1 Å². The van der Waals surface area contributed by atoms with Gasteiger partial charge in [-0.25, -0.2) is 0 Å². The quantitative estimate of drug-likeness (QED) is 0.663. The minimum absolute atomic E-state index is 0.0454. The summed E-state index contributed by atoms with van der Waals surface area (Å²) in [6.45, 7) is 6.75. The number of ether oxygens (including phenoxy) is 2. The summed E-state index contributed by atoms with van der Waals surface area (Å²) >= 11 is 0. The molecule has 0 saturated heterocycles. The van der Waals surface area contributed by atoms with Crippen LogP contribution in [0.3, 0.4) is 0 Å². The van der Waals surface area contributed by atoms with E-state index in [1.54, 1.807) is 7.11 Å². The van der Waals surface area contributed by atoms with Crippen molar-refractivity contribution in [1.29, 1.82) is 0 Å². The second-order valence-electron chi connectivity index (χ2n) is 4.60. The Bertz CT molecular complexity index is 401. The third kappa shape index (κ3) is 6.04. The molecule has 5 nitrogen and oxygen atoms in total. The maximum absolute atomic E-state index is 11.6. The third-order valence-corrected chi connectivity index (χ3v) is 2.86. The first kappa shape index (κ1) is 16.5. The molecular weight excluding hydrogens is 256 g/mol. The number of amides is 1. The van der Waals surface area contributed by atoms with Crippen LogP contribution in [-0.4, -0.2) is 45.9 Å². The van der Waals surface area contributed by atoms with Crippen LogP contribution in [-0.2, 0) is 9.53 Å². The summed E-state index contributed by atoms with van der Waals surface area (Å²) in [5.74, 6) is 0.682. The number of rotatable bonds is 9. The van der Waals surface area contributed by atoms with Gasteiger partial charge in [-0.1, -0.05) is 18.2 Å². The van der Waals surface area contributed by atoms with Gasteiger partial charge in [0.1, 0.15) is 5.75 Å². The van der Waals surface area contributed by atoms with Gasteiger partial charge in [0.2, 0.25) is 0 Å². The highest BCUT2D eigenvalue weighted by molar-refractivity contribution is 5.77. The van der Waals surface area contributed by atoms with Crippen molar-refractivity contribution < 1.29 is 14.3 Å². The number of hydrogen-bond donors (Lipinski definition) is 2. The van der Waals surface area contributed by atoms with Gasteiger partial charge in [-0.3, -0.25) is 4.79 Å². The van der Waals surface area contributed by atoms with Crippen LogP contribution in [0.25, 0.3) is 0 Å². The van der Waals surface area contributed by atoms with E-state index in [1.165, 1.54) is 0 Å². The molecule has 0 spiro atoms. The molecule has 112 valence electrons. The highest BCUT2D eigenvalue weighted by Crippen LogP contribution is 2.21. The van der Waals surface area contributed by atoms with Crippen molar-refractivity contribution in [2.75, 3.05) is 40.0 Å². The lowest BCUT2D eigenvalue weighted by Crippen LogP contribution is -2.35. The van der Waals surface area contributed by atoms with E-state index in [0.29, 0.717) is 13.2 Å². The molecule has 0 saturated carbocycles. The highest BCUT2D eigenvalue weighted by atomic mass is 16.5. The van der Waals surface area contributed by atoms with E-state index in [1.807, 2.05) is 32.0 Å². The number of methoxy groups -OCH3 is 1. The van der Waals surface area contributed by atoms with Gasteiger partial charge in [0.15, 0.2) is 6.61 Å². The smallest absolute Gasteiger partial charge is 0.257 e. The molecule has 0 fully saturated rings. The van der Waals surface area contributed by atoms with Crippen LogP contribution < -0.4 is 15.4 Å². The van der Waals surface area contributed by atoms with Crippen molar-refractivity contribution >= 4 is 5.91 Å². The van der Waals surface area contributed by atoms with E-state index in [-0.39, 0.29) is 12.5 Å². The molecular formula is C15H24N2O3. The third-order valence-electron chi connectivity index (χ3n) is 2.86. The van der Waals surface area contributed by atoms with Crippen molar-refractivity contribution in [2.24, 2.45) is 0 Å². The van der Waals surface area contributed by atoms with Gasteiger partial charge >= 0.3 is 0 Å². The molecule has 0 aliphatic carbocycles. The van der Waals surface area contributed by atoms with Crippen LogP contribution in [0.5, 0.6) is 5.75 Å². The monoisotopic (exact) mass is 280 g/mol. The van der Waals surface area contributed by atoms with Crippen LogP contribution in [0, 0.1) is 13.8 Å². The summed E-state index contributed by atoms with van der Waals surface area (Å²) in [7, 11) is 1.66. The predicted octanol–water partition coefficient (Wildman–Crippen LogP) is 1.03. The summed E-state index contributed by atoms with van der Waals surface area (Å²) in [6.07, 6.45) is 0. The maximum Gasteiger partial charge on any atom is 0.257 e. The molecule has 1 aromatic carbocycles. The minimum atomic E-state index is -0.110. The number of carbonyl (C=O) groups is 1. The number of carbonyl (C=O) groups excluding carboxylic acids is 1. The Balaban J connectivity index is 2.20. The molecule has 0 heterocycles. The predicted molar refractivity (Wildman–Crippen MR) is 79.2 cm³/mol. The number of para-hydroxylation sites is 1. The second kappa shape index (κ2) is 9.34. The van der Waals surface area contributed by atoms with Gasteiger partial charge in [0.05, 0.1) is 6.61 Å². The highest BCUT2D eigenvalue weighted by Gasteiger charge is 2.06. The van der Waals surface area contributed by atoms with Crippen molar-refractivity contribution in [2.45, 2.75) is 13.8 Å². The van der Waals surface area contributed by atoms with Gasteiger partial charge in [0.25, 0.3) is 5.91 Å². The molecule has 1 aromatic rings. The van der Waals surface area contributed by atoms with E-state index in [2.05, 4.69) is 10.6 Å². The molecule has 1 amide bonds. The Morgan fingerprint density at radius 2 is 1.85 bits per heavy atom. The number of aryl methyl sites for hydroxylation is 2. The van der Waals surface area contributed by atoms with E-state index in [9.17, 15) is 4.79 Å². The standard InChI is InChI=1S/C15H24N2O3/c1-12-5-4-6-13(2)15(12)20-11-14(18)17-8-7-16-9-10-19-3/h4-6,16H,7-11H2,1-3H3,(H,17,18).